The van der Waals surface area contributed by atoms with Crippen molar-refractivity contribution in [2.45, 2.75) is 39.2 Å². The van der Waals surface area contributed by atoms with Gasteiger partial charge < -0.3 is 15.0 Å². The maximum absolute atomic E-state index is 12.9. The van der Waals surface area contributed by atoms with E-state index in [1.807, 2.05) is 31.2 Å². The molecule has 1 aliphatic rings. The third kappa shape index (κ3) is 5.94. The van der Waals surface area contributed by atoms with Gasteiger partial charge in [-0.05, 0) is 49.6 Å². The van der Waals surface area contributed by atoms with Gasteiger partial charge in [-0.15, -0.1) is 0 Å². The Morgan fingerprint density at radius 1 is 1.03 bits per heavy atom. The van der Waals surface area contributed by atoms with Gasteiger partial charge in [-0.3, -0.25) is 14.4 Å². The summed E-state index contributed by atoms with van der Waals surface area (Å²) in [6.07, 6.45) is 1.50. The van der Waals surface area contributed by atoms with Crippen LogP contribution in [0.2, 0.25) is 0 Å². The molecule has 6 nitrogen and oxygen atoms in total. The molecule has 0 saturated carbocycles. The number of aryl methyl sites for hydroxylation is 1. The molecule has 1 fully saturated rings. The maximum Gasteiger partial charge on any atom is 0.224 e. The number of hydrogen-bond donors (Lipinski definition) is 1. The zero-order chi connectivity index (χ0) is 22.4. The molecule has 1 saturated heterocycles. The van der Waals surface area contributed by atoms with Crippen LogP contribution in [0.4, 0.5) is 0 Å². The Balaban J connectivity index is 1.58. The molecule has 0 bridgehead atoms. The third-order valence-electron chi connectivity index (χ3n) is 5.83. The standard InChI is InChI=1S/C25H30N2O4/c1-17-4-6-19(7-5-17)23(26-18(2)28)16-24(29)27-14-12-21(13-15-27)25(30)20-8-10-22(31-3)11-9-20/h4-11,21,23H,12-16H2,1-3H3,(H,26,28). The summed E-state index contributed by atoms with van der Waals surface area (Å²) in [7, 11) is 1.60. The average Bonchev–Trinajstić information content (AvgIpc) is 2.78. The van der Waals surface area contributed by atoms with E-state index in [4.69, 9.17) is 4.74 Å². The second kappa shape index (κ2) is 10.2. The van der Waals surface area contributed by atoms with Gasteiger partial charge in [-0.2, -0.15) is 0 Å². The summed E-state index contributed by atoms with van der Waals surface area (Å²) in [5.41, 5.74) is 2.72. The van der Waals surface area contributed by atoms with E-state index < -0.39 is 0 Å². The van der Waals surface area contributed by atoms with E-state index in [0.717, 1.165) is 16.9 Å². The highest BCUT2D eigenvalue weighted by atomic mass is 16.5. The lowest BCUT2D eigenvalue weighted by molar-refractivity contribution is -0.133. The molecule has 2 aromatic carbocycles. The summed E-state index contributed by atoms with van der Waals surface area (Å²) in [4.78, 5) is 39.2. The molecule has 2 amide bonds. The molecule has 1 unspecified atom stereocenters. The smallest absolute Gasteiger partial charge is 0.224 e. The normalized spacial score (nSPS) is 15.3. The highest BCUT2D eigenvalue weighted by molar-refractivity contribution is 5.98. The van der Waals surface area contributed by atoms with Gasteiger partial charge in [0.05, 0.1) is 19.6 Å². The Bertz CT molecular complexity index is 914. The van der Waals surface area contributed by atoms with E-state index in [1.54, 1.807) is 36.3 Å². The monoisotopic (exact) mass is 422 g/mol. The first-order valence-corrected chi connectivity index (χ1v) is 10.7. The lowest BCUT2D eigenvalue weighted by Gasteiger charge is -2.32. The molecule has 2 aromatic rings. The molecule has 6 heteroatoms. The molecule has 0 aliphatic carbocycles. The number of piperidine rings is 1. The summed E-state index contributed by atoms with van der Waals surface area (Å²) in [5.74, 6) is 0.585. The lowest BCUT2D eigenvalue weighted by atomic mass is 9.88. The molecule has 3 rings (SSSR count). The number of methoxy groups -OCH3 is 1. The van der Waals surface area contributed by atoms with Crippen LogP contribution in [0, 0.1) is 12.8 Å². The number of likely N-dealkylation sites (tertiary alicyclic amines) is 1. The van der Waals surface area contributed by atoms with E-state index in [1.165, 1.54) is 6.92 Å². The highest BCUT2D eigenvalue weighted by Crippen LogP contribution is 2.25. The molecule has 0 aromatic heterocycles. The van der Waals surface area contributed by atoms with Crippen LogP contribution < -0.4 is 10.1 Å². The van der Waals surface area contributed by atoms with Gasteiger partial charge in [0.1, 0.15) is 5.75 Å². The highest BCUT2D eigenvalue weighted by Gasteiger charge is 2.29. The Kier molecular flexibility index (Phi) is 7.45. The van der Waals surface area contributed by atoms with Crippen LogP contribution in [0.3, 0.4) is 0 Å². The molecule has 0 radical (unpaired) electrons. The van der Waals surface area contributed by atoms with E-state index in [-0.39, 0.29) is 36.0 Å². The number of nitrogens with zero attached hydrogens (tertiary/aromatic N) is 1. The van der Waals surface area contributed by atoms with Gasteiger partial charge in [0.25, 0.3) is 0 Å². The predicted octanol–water partition coefficient (Wildman–Crippen LogP) is 3.69. The lowest BCUT2D eigenvalue weighted by Crippen LogP contribution is -2.42. The Labute approximate surface area is 183 Å². The predicted molar refractivity (Wildman–Crippen MR) is 119 cm³/mol. The Hall–Kier alpha value is -3.15. The number of Topliss-reactive ketones (excluding diaryl/α,β-unsaturated/α-hetero) is 1. The molecule has 1 N–H and O–H groups in total. The SMILES string of the molecule is COc1ccc(C(=O)C2CCN(C(=O)CC(NC(C)=O)c3ccc(C)cc3)CC2)cc1. The van der Waals surface area contributed by atoms with Crippen molar-refractivity contribution in [1.29, 1.82) is 0 Å². The number of ether oxygens (including phenoxy) is 1. The fourth-order valence-electron chi connectivity index (χ4n) is 3.98. The minimum absolute atomic E-state index is 0.00493. The van der Waals surface area contributed by atoms with Crippen molar-refractivity contribution in [3.63, 3.8) is 0 Å². The number of rotatable bonds is 7. The minimum atomic E-state index is -0.357. The summed E-state index contributed by atoms with van der Waals surface area (Å²) in [5, 5.41) is 2.89. The van der Waals surface area contributed by atoms with Crippen molar-refractivity contribution in [3.8, 4) is 5.75 Å². The van der Waals surface area contributed by atoms with Crippen LogP contribution in [0.15, 0.2) is 48.5 Å². The molecule has 1 atom stereocenters. The fraction of sp³-hybridized carbons (Fsp3) is 0.400. The summed E-state index contributed by atoms with van der Waals surface area (Å²) in [6.45, 7) is 4.56. The molecular formula is C25H30N2O4. The van der Waals surface area contributed by atoms with Crippen molar-refractivity contribution in [2.75, 3.05) is 20.2 Å². The number of benzene rings is 2. The van der Waals surface area contributed by atoms with E-state index in [9.17, 15) is 14.4 Å². The van der Waals surface area contributed by atoms with Gasteiger partial charge in [0.15, 0.2) is 5.78 Å². The second-order valence-electron chi connectivity index (χ2n) is 8.12. The minimum Gasteiger partial charge on any atom is -0.497 e. The van der Waals surface area contributed by atoms with E-state index in [0.29, 0.717) is 31.5 Å². The van der Waals surface area contributed by atoms with Crippen LogP contribution in [0.5, 0.6) is 5.75 Å². The molecule has 1 aliphatic heterocycles. The quantitative estimate of drug-likeness (QED) is 0.691. The first-order valence-electron chi connectivity index (χ1n) is 10.7. The number of amides is 2. The summed E-state index contributed by atoms with van der Waals surface area (Å²) < 4.78 is 5.15. The van der Waals surface area contributed by atoms with Crippen molar-refractivity contribution in [1.82, 2.24) is 10.2 Å². The zero-order valence-electron chi connectivity index (χ0n) is 18.4. The number of carbonyl (C=O) groups is 3. The number of carbonyl (C=O) groups excluding carboxylic acids is 3. The molecule has 31 heavy (non-hydrogen) atoms. The topological polar surface area (TPSA) is 75.7 Å². The zero-order valence-corrected chi connectivity index (χ0v) is 18.4. The van der Waals surface area contributed by atoms with Gasteiger partial charge in [0, 0.05) is 31.5 Å². The maximum atomic E-state index is 12.9. The van der Waals surface area contributed by atoms with Crippen molar-refractivity contribution in [3.05, 3.63) is 65.2 Å². The Morgan fingerprint density at radius 2 is 1.65 bits per heavy atom. The van der Waals surface area contributed by atoms with Crippen molar-refractivity contribution in [2.24, 2.45) is 5.92 Å². The number of ketones is 1. The number of nitrogens with one attached hydrogen (secondary N) is 1. The third-order valence-corrected chi connectivity index (χ3v) is 5.83. The average molecular weight is 423 g/mol. The molecular weight excluding hydrogens is 392 g/mol. The molecule has 164 valence electrons. The van der Waals surface area contributed by atoms with Gasteiger partial charge in [-0.25, -0.2) is 0 Å². The largest absolute Gasteiger partial charge is 0.497 e. The summed E-state index contributed by atoms with van der Waals surface area (Å²) >= 11 is 0. The van der Waals surface area contributed by atoms with Gasteiger partial charge in [-0.1, -0.05) is 29.8 Å². The van der Waals surface area contributed by atoms with Crippen LogP contribution >= 0.6 is 0 Å². The number of hydrogen-bond acceptors (Lipinski definition) is 4. The molecule has 0 spiro atoms. The van der Waals surface area contributed by atoms with Crippen LogP contribution in [-0.2, 0) is 9.59 Å². The second-order valence-corrected chi connectivity index (χ2v) is 8.12. The first kappa shape index (κ1) is 22.5. The summed E-state index contributed by atoms with van der Waals surface area (Å²) in [6, 6.07) is 14.7. The van der Waals surface area contributed by atoms with Crippen LogP contribution in [0.1, 0.15) is 53.7 Å². The fourth-order valence-corrected chi connectivity index (χ4v) is 3.98. The van der Waals surface area contributed by atoms with E-state index >= 15 is 0 Å². The van der Waals surface area contributed by atoms with Crippen molar-refractivity contribution < 1.29 is 19.1 Å². The van der Waals surface area contributed by atoms with Crippen molar-refractivity contribution >= 4 is 17.6 Å². The first-order chi connectivity index (χ1) is 14.9. The van der Waals surface area contributed by atoms with Gasteiger partial charge in [0.2, 0.25) is 11.8 Å². The Morgan fingerprint density at radius 3 is 2.19 bits per heavy atom. The van der Waals surface area contributed by atoms with Crippen LogP contribution in [0.25, 0.3) is 0 Å². The van der Waals surface area contributed by atoms with Crippen LogP contribution in [-0.4, -0.2) is 42.7 Å². The van der Waals surface area contributed by atoms with Gasteiger partial charge >= 0.3 is 0 Å². The van der Waals surface area contributed by atoms with E-state index in [2.05, 4.69) is 5.32 Å². The molecule has 1 heterocycles.